The maximum atomic E-state index is 12.0. The first kappa shape index (κ1) is 15.9. The Morgan fingerprint density at radius 3 is 3.05 bits per heavy atom. The van der Waals surface area contributed by atoms with Crippen molar-refractivity contribution >= 4 is 29.3 Å². The molecule has 2 N–H and O–H groups in total. The number of aryl methyl sites for hydroxylation is 1. The summed E-state index contributed by atoms with van der Waals surface area (Å²) in [5.41, 5.74) is 1.93. The molecule has 4 nitrogen and oxygen atoms in total. The second-order valence-electron chi connectivity index (χ2n) is 5.49. The molecule has 1 amide bonds. The van der Waals surface area contributed by atoms with Crippen molar-refractivity contribution in [3.05, 3.63) is 35.6 Å². The highest BCUT2D eigenvalue weighted by molar-refractivity contribution is 5.96. The second-order valence-corrected chi connectivity index (χ2v) is 5.49. The summed E-state index contributed by atoms with van der Waals surface area (Å²) in [6.45, 7) is 3.81. The number of furan rings is 1. The molecular formula is C16H21ClN2O2. The molecular weight excluding hydrogens is 288 g/mol. The molecule has 0 spiro atoms. The molecule has 1 aliphatic heterocycles. The van der Waals surface area contributed by atoms with E-state index in [9.17, 15) is 4.79 Å². The Bertz CT molecular complexity index is 618. The molecule has 0 aliphatic carbocycles. The quantitative estimate of drug-likeness (QED) is 0.913. The maximum Gasteiger partial charge on any atom is 0.287 e. The van der Waals surface area contributed by atoms with Gasteiger partial charge in [0.05, 0.1) is 0 Å². The van der Waals surface area contributed by atoms with Crippen molar-refractivity contribution in [1.29, 1.82) is 0 Å². The van der Waals surface area contributed by atoms with Crippen LogP contribution in [-0.4, -0.2) is 25.0 Å². The zero-order valence-corrected chi connectivity index (χ0v) is 13.0. The Balaban J connectivity index is 0.00000161. The standard InChI is InChI=1S/C16H20N2O2.ClH/c1-11-4-5-14-12(9-11)10-15(20-14)16(19)18-8-6-13-3-2-7-17-13;/h4-5,9-10,13,17H,2-3,6-8H2,1H3,(H,18,19);1H/t13-;/m1./s1. The van der Waals surface area contributed by atoms with E-state index in [1.165, 1.54) is 12.8 Å². The third-order valence-electron chi connectivity index (χ3n) is 3.84. The minimum absolute atomic E-state index is 0. The van der Waals surface area contributed by atoms with Crippen LogP contribution in [0.4, 0.5) is 0 Å². The second kappa shape index (κ2) is 6.96. The molecule has 0 saturated carbocycles. The average Bonchev–Trinajstić information content (AvgIpc) is 3.06. The van der Waals surface area contributed by atoms with Crippen molar-refractivity contribution < 1.29 is 9.21 Å². The number of halogens is 1. The van der Waals surface area contributed by atoms with Crippen LogP contribution in [0.25, 0.3) is 11.0 Å². The van der Waals surface area contributed by atoms with Gasteiger partial charge in [0, 0.05) is 18.0 Å². The summed E-state index contributed by atoms with van der Waals surface area (Å²) in [7, 11) is 0. The molecule has 1 saturated heterocycles. The number of carbonyl (C=O) groups is 1. The molecule has 2 aromatic rings. The molecule has 1 fully saturated rings. The third kappa shape index (κ3) is 3.77. The van der Waals surface area contributed by atoms with Crippen LogP contribution in [0.1, 0.15) is 35.4 Å². The molecule has 1 aromatic heterocycles. The molecule has 1 atom stereocenters. The van der Waals surface area contributed by atoms with Gasteiger partial charge in [-0.15, -0.1) is 12.4 Å². The van der Waals surface area contributed by atoms with Gasteiger partial charge in [-0.2, -0.15) is 0 Å². The van der Waals surface area contributed by atoms with Crippen LogP contribution in [0.5, 0.6) is 0 Å². The summed E-state index contributed by atoms with van der Waals surface area (Å²) >= 11 is 0. The predicted molar refractivity (Wildman–Crippen MR) is 86.2 cm³/mol. The van der Waals surface area contributed by atoms with E-state index >= 15 is 0 Å². The summed E-state index contributed by atoms with van der Waals surface area (Å²) < 4.78 is 5.58. The van der Waals surface area contributed by atoms with Gasteiger partial charge in [0.15, 0.2) is 5.76 Å². The van der Waals surface area contributed by atoms with E-state index in [1.54, 1.807) is 0 Å². The molecule has 1 aromatic carbocycles. The van der Waals surface area contributed by atoms with Gasteiger partial charge in [-0.1, -0.05) is 11.6 Å². The summed E-state index contributed by atoms with van der Waals surface area (Å²) in [5.74, 6) is 0.266. The van der Waals surface area contributed by atoms with Crippen LogP contribution in [0, 0.1) is 6.92 Å². The molecule has 114 valence electrons. The first-order valence-corrected chi connectivity index (χ1v) is 7.24. The van der Waals surface area contributed by atoms with E-state index in [0.29, 0.717) is 18.3 Å². The molecule has 3 rings (SSSR count). The Hall–Kier alpha value is -1.52. The third-order valence-corrected chi connectivity index (χ3v) is 3.84. The molecule has 0 unspecified atom stereocenters. The molecule has 21 heavy (non-hydrogen) atoms. The van der Waals surface area contributed by atoms with Crippen LogP contribution in [0.3, 0.4) is 0 Å². The Morgan fingerprint density at radius 1 is 1.43 bits per heavy atom. The minimum Gasteiger partial charge on any atom is -0.451 e. The van der Waals surface area contributed by atoms with Crippen molar-refractivity contribution in [3.8, 4) is 0 Å². The van der Waals surface area contributed by atoms with Crippen molar-refractivity contribution in [2.75, 3.05) is 13.1 Å². The van der Waals surface area contributed by atoms with Crippen LogP contribution >= 0.6 is 12.4 Å². The largest absolute Gasteiger partial charge is 0.451 e. The van der Waals surface area contributed by atoms with Gasteiger partial charge in [-0.3, -0.25) is 4.79 Å². The van der Waals surface area contributed by atoms with Crippen molar-refractivity contribution in [1.82, 2.24) is 10.6 Å². The van der Waals surface area contributed by atoms with Crippen LogP contribution < -0.4 is 10.6 Å². The van der Waals surface area contributed by atoms with Gasteiger partial charge in [-0.05, 0) is 50.9 Å². The fraction of sp³-hybridized carbons (Fsp3) is 0.438. The SMILES string of the molecule is Cc1ccc2oc(C(=O)NCC[C@H]3CCCN3)cc2c1.Cl. The number of hydrogen-bond acceptors (Lipinski definition) is 3. The van der Waals surface area contributed by atoms with Crippen LogP contribution in [-0.2, 0) is 0 Å². The van der Waals surface area contributed by atoms with Crippen LogP contribution in [0.15, 0.2) is 28.7 Å². The average molecular weight is 309 g/mol. The van der Waals surface area contributed by atoms with Crippen molar-refractivity contribution in [3.63, 3.8) is 0 Å². The lowest BCUT2D eigenvalue weighted by Crippen LogP contribution is -2.30. The Kier molecular flexibility index (Phi) is 5.26. The monoisotopic (exact) mass is 308 g/mol. The number of amides is 1. The lowest BCUT2D eigenvalue weighted by atomic mass is 10.1. The van der Waals surface area contributed by atoms with E-state index in [1.807, 2.05) is 31.2 Å². The zero-order valence-electron chi connectivity index (χ0n) is 12.1. The number of benzene rings is 1. The van der Waals surface area contributed by atoms with Crippen molar-refractivity contribution in [2.24, 2.45) is 0 Å². The van der Waals surface area contributed by atoms with Gasteiger partial charge < -0.3 is 15.1 Å². The minimum atomic E-state index is -0.128. The maximum absolute atomic E-state index is 12.0. The Morgan fingerprint density at radius 2 is 2.29 bits per heavy atom. The number of carbonyl (C=O) groups excluding carboxylic acids is 1. The van der Waals surface area contributed by atoms with E-state index in [4.69, 9.17) is 4.42 Å². The number of hydrogen-bond donors (Lipinski definition) is 2. The topological polar surface area (TPSA) is 54.3 Å². The van der Waals surface area contributed by atoms with Gasteiger partial charge in [-0.25, -0.2) is 0 Å². The fourth-order valence-electron chi connectivity index (χ4n) is 2.72. The number of fused-ring (bicyclic) bond motifs is 1. The number of rotatable bonds is 4. The lowest BCUT2D eigenvalue weighted by molar-refractivity contribution is 0.0927. The summed E-state index contributed by atoms with van der Waals surface area (Å²) in [6, 6.07) is 8.28. The van der Waals surface area contributed by atoms with E-state index < -0.39 is 0 Å². The summed E-state index contributed by atoms with van der Waals surface area (Å²) in [6.07, 6.45) is 3.42. The lowest BCUT2D eigenvalue weighted by Gasteiger charge is -2.09. The van der Waals surface area contributed by atoms with Gasteiger partial charge in [0.25, 0.3) is 5.91 Å². The van der Waals surface area contributed by atoms with E-state index in [2.05, 4.69) is 10.6 Å². The highest BCUT2D eigenvalue weighted by Crippen LogP contribution is 2.20. The van der Waals surface area contributed by atoms with Gasteiger partial charge >= 0.3 is 0 Å². The fourth-order valence-corrected chi connectivity index (χ4v) is 2.72. The molecule has 1 aliphatic rings. The van der Waals surface area contributed by atoms with E-state index in [-0.39, 0.29) is 18.3 Å². The first-order chi connectivity index (χ1) is 9.72. The molecule has 5 heteroatoms. The first-order valence-electron chi connectivity index (χ1n) is 7.24. The zero-order chi connectivity index (χ0) is 13.9. The molecule has 0 bridgehead atoms. The number of nitrogens with one attached hydrogen (secondary N) is 2. The normalized spacial score (nSPS) is 17.7. The van der Waals surface area contributed by atoms with Crippen molar-refractivity contribution in [2.45, 2.75) is 32.2 Å². The van der Waals surface area contributed by atoms with Gasteiger partial charge in [0.1, 0.15) is 5.58 Å². The predicted octanol–water partition coefficient (Wildman–Crippen LogP) is 3.03. The van der Waals surface area contributed by atoms with Crippen LogP contribution in [0.2, 0.25) is 0 Å². The molecule has 2 heterocycles. The smallest absolute Gasteiger partial charge is 0.287 e. The highest BCUT2D eigenvalue weighted by Gasteiger charge is 2.15. The summed E-state index contributed by atoms with van der Waals surface area (Å²) in [5, 5.41) is 7.33. The highest BCUT2D eigenvalue weighted by atomic mass is 35.5. The van der Waals surface area contributed by atoms with E-state index in [0.717, 1.165) is 29.5 Å². The Labute approximate surface area is 130 Å². The summed E-state index contributed by atoms with van der Waals surface area (Å²) in [4.78, 5) is 12.0. The van der Waals surface area contributed by atoms with Gasteiger partial charge in [0.2, 0.25) is 0 Å². The molecule has 0 radical (unpaired) electrons.